The third-order valence-corrected chi connectivity index (χ3v) is 2.66. The van der Waals surface area contributed by atoms with Crippen LogP contribution in [0.1, 0.15) is 12.5 Å². The van der Waals surface area contributed by atoms with Crippen molar-refractivity contribution in [2.24, 2.45) is 0 Å². The molecule has 1 heterocycles. The molecule has 1 aliphatic heterocycles. The van der Waals surface area contributed by atoms with E-state index in [2.05, 4.69) is 21.2 Å². The minimum Gasteiger partial charge on any atom is -0.486 e. The van der Waals surface area contributed by atoms with Crippen molar-refractivity contribution in [1.82, 2.24) is 5.32 Å². The average Bonchev–Trinajstić information content (AvgIpc) is 2.17. The Bertz CT molecular complexity index is 440. The second kappa shape index (κ2) is 4.06. The van der Waals surface area contributed by atoms with Gasteiger partial charge in [0.1, 0.15) is 12.4 Å². The molecule has 0 aromatic heterocycles. The quantitative estimate of drug-likeness (QED) is 0.848. The van der Waals surface area contributed by atoms with E-state index in [-0.39, 0.29) is 5.91 Å². The van der Waals surface area contributed by atoms with Crippen molar-refractivity contribution in [3.05, 3.63) is 33.9 Å². The standard InChI is InChI=1S/C11H10BrNO2/c1-7(14)13-9-5-8-3-2-4-10(12)11(8)15-6-9/h2-5H,6H2,1H3,(H,13,14). The smallest absolute Gasteiger partial charge is 0.221 e. The summed E-state index contributed by atoms with van der Waals surface area (Å²) in [6, 6.07) is 5.80. The Morgan fingerprint density at radius 2 is 2.33 bits per heavy atom. The maximum absolute atomic E-state index is 10.9. The number of benzene rings is 1. The van der Waals surface area contributed by atoms with Crippen LogP contribution in [-0.2, 0) is 4.79 Å². The number of para-hydroxylation sites is 1. The van der Waals surface area contributed by atoms with Gasteiger partial charge in [0.25, 0.3) is 0 Å². The van der Waals surface area contributed by atoms with E-state index in [1.54, 1.807) is 0 Å². The van der Waals surface area contributed by atoms with Gasteiger partial charge in [-0.15, -0.1) is 0 Å². The molecule has 0 saturated carbocycles. The van der Waals surface area contributed by atoms with Crippen LogP contribution in [0.5, 0.6) is 5.75 Å². The number of carbonyl (C=O) groups is 1. The van der Waals surface area contributed by atoms with Crippen LogP contribution in [-0.4, -0.2) is 12.5 Å². The molecule has 1 aromatic rings. The number of fused-ring (bicyclic) bond motifs is 1. The maximum atomic E-state index is 10.9. The van der Waals surface area contributed by atoms with E-state index < -0.39 is 0 Å². The molecule has 1 aliphatic rings. The molecule has 0 unspecified atom stereocenters. The second-order valence-electron chi connectivity index (χ2n) is 3.30. The zero-order chi connectivity index (χ0) is 10.8. The highest BCUT2D eigenvalue weighted by Crippen LogP contribution is 2.33. The predicted octanol–water partition coefficient (Wildman–Crippen LogP) is 2.32. The highest BCUT2D eigenvalue weighted by molar-refractivity contribution is 9.10. The highest BCUT2D eigenvalue weighted by Gasteiger charge is 2.14. The average molecular weight is 268 g/mol. The summed E-state index contributed by atoms with van der Waals surface area (Å²) < 4.78 is 6.47. The molecule has 0 aliphatic carbocycles. The van der Waals surface area contributed by atoms with Gasteiger partial charge in [-0.2, -0.15) is 0 Å². The molecule has 0 bridgehead atoms. The lowest BCUT2D eigenvalue weighted by molar-refractivity contribution is -0.118. The van der Waals surface area contributed by atoms with Gasteiger partial charge in [0.2, 0.25) is 5.91 Å². The van der Waals surface area contributed by atoms with Crippen LogP contribution in [0.3, 0.4) is 0 Å². The zero-order valence-electron chi connectivity index (χ0n) is 8.21. The topological polar surface area (TPSA) is 38.3 Å². The van der Waals surface area contributed by atoms with Crippen LogP contribution in [0.15, 0.2) is 28.4 Å². The largest absolute Gasteiger partial charge is 0.486 e. The van der Waals surface area contributed by atoms with E-state index in [0.717, 1.165) is 21.5 Å². The molecule has 0 radical (unpaired) electrons. The van der Waals surface area contributed by atoms with Gasteiger partial charge in [0, 0.05) is 12.5 Å². The third kappa shape index (κ3) is 2.21. The summed E-state index contributed by atoms with van der Waals surface area (Å²) in [5, 5.41) is 2.72. The summed E-state index contributed by atoms with van der Waals surface area (Å²) in [6.45, 7) is 1.88. The number of amides is 1. The van der Waals surface area contributed by atoms with Crippen LogP contribution >= 0.6 is 15.9 Å². The summed E-state index contributed by atoms with van der Waals surface area (Å²) in [5.41, 5.74) is 1.76. The van der Waals surface area contributed by atoms with Gasteiger partial charge in [0.05, 0.1) is 10.2 Å². The Hall–Kier alpha value is -1.29. The lowest BCUT2D eigenvalue weighted by Gasteiger charge is -2.18. The lowest BCUT2D eigenvalue weighted by Crippen LogP contribution is -2.25. The van der Waals surface area contributed by atoms with Crippen molar-refractivity contribution in [3.63, 3.8) is 0 Å². The normalized spacial score (nSPS) is 13.6. The van der Waals surface area contributed by atoms with Crippen LogP contribution in [0.4, 0.5) is 0 Å². The van der Waals surface area contributed by atoms with Crippen molar-refractivity contribution >= 4 is 27.9 Å². The fourth-order valence-electron chi connectivity index (χ4n) is 1.47. The van der Waals surface area contributed by atoms with Gasteiger partial charge in [-0.25, -0.2) is 0 Å². The molecule has 0 saturated heterocycles. The van der Waals surface area contributed by atoms with E-state index in [1.807, 2.05) is 24.3 Å². The fourth-order valence-corrected chi connectivity index (χ4v) is 1.97. The summed E-state index contributed by atoms with van der Waals surface area (Å²) in [7, 11) is 0. The van der Waals surface area contributed by atoms with E-state index in [9.17, 15) is 4.79 Å². The van der Waals surface area contributed by atoms with Crippen LogP contribution in [0.25, 0.3) is 6.08 Å². The van der Waals surface area contributed by atoms with E-state index in [1.165, 1.54) is 6.92 Å². The molecule has 2 rings (SSSR count). The molecule has 78 valence electrons. The first-order valence-corrected chi connectivity index (χ1v) is 5.35. The molecule has 0 fully saturated rings. The Morgan fingerprint density at radius 3 is 3.07 bits per heavy atom. The molecular weight excluding hydrogens is 258 g/mol. The molecule has 0 atom stereocenters. The van der Waals surface area contributed by atoms with E-state index >= 15 is 0 Å². The Labute approximate surface area is 96.3 Å². The molecule has 1 amide bonds. The number of carbonyl (C=O) groups excluding carboxylic acids is 1. The highest BCUT2D eigenvalue weighted by atomic mass is 79.9. The minimum absolute atomic E-state index is 0.0803. The van der Waals surface area contributed by atoms with Crippen molar-refractivity contribution in [2.75, 3.05) is 6.61 Å². The Balaban J connectivity index is 2.33. The zero-order valence-corrected chi connectivity index (χ0v) is 9.80. The summed E-state index contributed by atoms with van der Waals surface area (Å²) >= 11 is 3.41. The third-order valence-electron chi connectivity index (χ3n) is 2.04. The van der Waals surface area contributed by atoms with Gasteiger partial charge in [-0.1, -0.05) is 12.1 Å². The van der Waals surface area contributed by atoms with Crippen LogP contribution < -0.4 is 10.1 Å². The summed E-state index contributed by atoms with van der Waals surface area (Å²) in [5.74, 6) is 0.745. The molecule has 15 heavy (non-hydrogen) atoms. The van der Waals surface area contributed by atoms with E-state index in [4.69, 9.17) is 4.74 Å². The Kier molecular flexibility index (Phi) is 2.77. The van der Waals surface area contributed by atoms with E-state index in [0.29, 0.717) is 6.61 Å². The van der Waals surface area contributed by atoms with Gasteiger partial charge in [0.15, 0.2) is 0 Å². The first-order chi connectivity index (χ1) is 7.16. The molecule has 3 nitrogen and oxygen atoms in total. The number of ether oxygens (including phenoxy) is 1. The number of hydrogen-bond acceptors (Lipinski definition) is 2. The number of rotatable bonds is 1. The van der Waals surface area contributed by atoms with Crippen molar-refractivity contribution in [3.8, 4) is 5.75 Å². The molecule has 1 N–H and O–H groups in total. The number of hydrogen-bond donors (Lipinski definition) is 1. The molecular formula is C11H10BrNO2. The van der Waals surface area contributed by atoms with Crippen LogP contribution in [0, 0.1) is 0 Å². The van der Waals surface area contributed by atoms with Crippen molar-refractivity contribution in [2.45, 2.75) is 6.92 Å². The van der Waals surface area contributed by atoms with Gasteiger partial charge in [-0.05, 0) is 28.1 Å². The van der Waals surface area contributed by atoms with Gasteiger partial charge in [-0.3, -0.25) is 4.79 Å². The predicted molar refractivity (Wildman–Crippen MR) is 61.4 cm³/mol. The van der Waals surface area contributed by atoms with Gasteiger partial charge < -0.3 is 10.1 Å². The summed E-state index contributed by atoms with van der Waals surface area (Å²) in [6.07, 6.45) is 1.92. The maximum Gasteiger partial charge on any atom is 0.221 e. The first-order valence-electron chi connectivity index (χ1n) is 4.56. The fraction of sp³-hybridized carbons (Fsp3) is 0.182. The van der Waals surface area contributed by atoms with Crippen LogP contribution in [0.2, 0.25) is 0 Å². The summed E-state index contributed by atoms with van der Waals surface area (Å²) in [4.78, 5) is 10.9. The molecule has 0 spiro atoms. The van der Waals surface area contributed by atoms with Gasteiger partial charge >= 0.3 is 0 Å². The molecule has 4 heteroatoms. The lowest BCUT2D eigenvalue weighted by atomic mass is 10.1. The van der Waals surface area contributed by atoms with Crippen molar-refractivity contribution in [1.29, 1.82) is 0 Å². The number of nitrogens with one attached hydrogen (secondary N) is 1. The second-order valence-corrected chi connectivity index (χ2v) is 4.15. The molecule has 1 aromatic carbocycles. The van der Waals surface area contributed by atoms with Crippen molar-refractivity contribution < 1.29 is 9.53 Å². The number of halogens is 1. The minimum atomic E-state index is -0.0803. The first kappa shape index (κ1) is 10.2. The monoisotopic (exact) mass is 267 g/mol. The Morgan fingerprint density at radius 1 is 1.53 bits per heavy atom. The SMILES string of the molecule is CC(=O)NC1=Cc2cccc(Br)c2OC1.